The van der Waals surface area contributed by atoms with Crippen LogP contribution >= 0.6 is 11.8 Å². The van der Waals surface area contributed by atoms with Gasteiger partial charge in [-0.1, -0.05) is 0 Å². The maximum Gasteiger partial charge on any atom is 0.352 e. The van der Waals surface area contributed by atoms with Crippen LogP contribution in [0.2, 0.25) is 0 Å². The maximum atomic E-state index is 12.4. The van der Waals surface area contributed by atoms with Crippen molar-refractivity contribution in [2.75, 3.05) is 12.4 Å². The number of esters is 1. The number of hydrogen-bond donors (Lipinski definition) is 1. The molecule has 2 atom stereocenters. The minimum Gasteiger partial charge on any atom is -0.477 e. The highest BCUT2D eigenvalue weighted by molar-refractivity contribution is 8.00. The molecule has 1 unspecified atom stereocenters. The Hall–Kier alpha value is -2.80. The molecule has 132 valence electrons. The standard InChI is InChI=1S/C15H15N3O6S/c1-3-24-10(20)5-4-9-6-25-14-12(17(7-16)8(2)19)13(21)18(14)11(9)15(22)23/h4-5,12,14H,3,6H2,1-2H3,(H,22,23)/t12?,14-/m0/s1. The van der Waals surface area contributed by atoms with Crippen LogP contribution in [0.1, 0.15) is 13.8 Å². The number of hydrogen-bond acceptors (Lipinski definition) is 7. The highest BCUT2D eigenvalue weighted by Gasteiger charge is 2.56. The summed E-state index contributed by atoms with van der Waals surface area (Å²) in [6.07, 6.45) is 4.06. The number of nitrogens with zero attached hydrogens (tertiary/aromatic N) is 3. The zero-order valence-corrected chi connectivity index (χ0v) is 14.3. The number of nitriles is 1. The molecule has 10 heteroatoms. The molecule has 0 bridgehead atoms. The molecule has 2 aliphatic heterocycles. The molecule has 2 heterocycles. The van der Waals surface area contributed by atoms with Crippen molar-refractivity contribution in [1.29, 1.82) is 5.26 Å². The molecule has 0 radical (unpaired) electrons. The summed E-state index contributed by atoms with van der Waals surface area (Å²) in [5.41, 5.74) is 0.0203. The van der Waals surface area contributed by atoms with Crippen molar-refractivity contribution in [3.8, 4) is 6.19 Å². The number of carbonyl (C=O) groups is 4. The van der Waals surface area contributed by atoms with Gasteiger partial charge in [-0.05, 0) is 18.6 Å². The van der Waals surface area contributed by atoms with Gasteiger partial charge in [-0.3, -0.25) is 14.5 Å². The second-order valence-corrected chi connectivity index (χ2v) is 6.21. The SMILES string of the molecule is CCOC(=O)C=CC1=C(C(=O)O)N2C(=O)C(N(C#N)C(C)=O)[C@@H]2SC1. The normalized spacial score (nSPS) is 22.1. The number of rotatable bonds is 5. The largest absolute Gasteiger partial charge is 0.477 e. The molecule has 2 aliphatic rings. The highest BCUT2D eigenvalue weighted by atomic mass is 32.2. The fourth-order valence-electron chi connectivity index (χ4n) is 2.54. The first kappa shape index (κ1) is 18.5. The zero-order valence-electron chi connectivity index (χ0n) is 13.5. The number of aliphatic carboxylic acids is 1. The fourth-order valence-corrected chi connectivity index (χ4v) is 3.91. The number of amides is 2. The highest BCUT2D eigenvalue weighted by Crippen LogP contribution is 2.42. The summed E-state index contributed by atoms with van der Waals surface area (Å²) in [7, 11) is 0. The summed E-state index contributed by atoms with van der Waals surface area (Å²) < 4.78 is 4.74. The topological polar surface area (TPSA) is 128 Å². The van der Waals surface area contributed by atoms with Gasteiger partial charge in [0, 0.05) is 18.8 Å². The molecule has 1 N–H and O–H groups in total. The number of carboxylic acids is 1. The van der Waals surface area contributed by atoms with Gasteiger partial charge in [0.2, 0.25) is 5.91 Å². The molecular formula is C15H15N3O6S. The molecule has 0 spiro atoms. The van der Waals surface area contributed by atoms with Crippen LogP contribution in [0.4, 0.5) is 0 Å². The van der Waals surface area contributed by atoms with E-state index in [1.807, 2.05) is 0 Å². The molecule has 0 aromatic heterocycles. The van der Waals surface area contributed by atoms with E-state index in [1.165, 1.54) is 17.8 Å². The lowest BCUT2D eigenvalue weighted by atomic mass is 10.0. The van der Waals surface area contributed by atoms with Crippen LogP contribution < -0.4 is 0 Å². The van der Waals surface area contributed by atoms with Crippen LogP contribution in [0.3, 0.4) is 0 Å². The second-order valence-electron chi connectivity index (χ2n) is 5.11. The Balaban J connectivity index is 2.31. The van der Waals surface area contributed by atoms with E-state index in [-0.39, 0.29) is 23.6 Å². The van der Waals surface area contributed by atoms with Crippen LogP contribution in [0.15, 0.2) is 23.4 Å². The quantitative estimate of drug-likeness (QED) is 0.238. The summed E-state index contributed by atoms with van der Waals surface area (Å²) in [6.45, 7) is 2.99. The van der Waals surface area contributed by atoms with Gasteiger partial charge in [0.25, 0.3) is 5.91 Å². The second kappa shape index (κ2) is 7.40. The summed E-state index contributed by atoms with van der Waals surface area (Å²) >= 11 is 1.22. The Morgan fingerprint density at radius 3 is 2.72 bits per heavy atom. The van der Waals surface area contributed by atoms with E-state index in [9.17, 15) is 24.3 Å². The van der Waals surface area contributed by atoms with E-state index in [0.717, 1.165) is 22.8 Å². The number of fused-ring (bicyclic) bond motifs is 1. The average Bonchev–Trinajstić information content (AvgIpc) is 2.56. The van der Waals surface area contributed by atoms with E-state index in [2.05, 4.69) is 0 Å². The van der Waals surface area contributed by atoms with Crippen molar-refractivity contribution in [3.63, 3.8) is 0 Å². The van der Waals surface area contributed by atoms with Gasteiger partial charge in [-0.2, -0.15) is 5.26 Å². The summed E-state index contributed by atoms with van der Waals surface area (Å²) in [5, 5.41) is 17.8. The minimum absolute atomic E-state index is 0.187. The predicted octanol–water partition coefficient (Wildman–Crippen LogP) is 0.0577. The van der Waals surface area contributed by atoms with Gasteiger partial charge in [0.05, 0.1) is 6.61 Å². The maximum absolute atomic E-state index is 12.4. The molecule has 0 aliphatic carbocycles. The Morgan fingerprint density at radius 1 is 1.52 bits per heavy atom. The lowest BCUT2D eigenvalue weighted by molar-refractivity contribution is -0.156. The number of carbonyl (C=O) groups excluding carboxylic acids is 3. The molecular weight excluding hydrogens is 350 g/mol. The van der Waals surface area contributed by atoms with Crippen molar-refractivity contribution in [2.24, 2.45) is 0 Å². The summed E-state index contributed by atoms with van der Waals surface area (Å²) in [4.78, 5) is 48.6. The van der Waals surface area contributed by atoms with E-state index >= 15 is 0 Å². The number of carboxylic acid groups (broad SMARTS) is 1. The van der Waals surface area contributed by atoms with Crippen molar-refractivity contribution in [1.82, 2.24) is 9.80 Å². The van der Waals surface area contributed by atoms with E-state index in [4.69, 9.17) is 10.00 Å². The van der Waals surface area contributed by atoms with Crippen LogP contribution in [0, 0.1) is 11.5 Å². The first-order valence-corrected chi connectivity index (χ1v) is 8.33. The smallest absolute Gasteiger partial charge is 0.352 e. The lowest BCUT2D eigenvalue weighted by Gasteiger charge is -2.50. The Kier molecular flexibility index (Phi) is 5.48. The minimum atomic E-state index is -1.33. The molecule has 9 nitrogen and oxygen atoms in total. The van der Waals surface area contributed by atoms with Gasteiger partial charge >= 0.3 is 11.9 Å². The fraction of sp³-hybridized carbons (Fsp3) is 0.400. The molecule has 2 amide bonds. The van der Waals surface area contributed by atoms with Crippen LogP contribution in [-0.4, -0.2) is 62.4 Å². The number of β-lactam (4-membered cyclic amide) rings is 1. The van der Waals surface area contributed by atoms with Crippen molar-refractivity contribution in [2.45, 2.75) is 25.3 Å². The van der Waals surface area contributed by atoms with Gasteiger partial charge in [0.1, 0.15) is 11.1 Å². The van der Waals surface area contributed by atoms with E-state index in [0.29, 0.717) is 0 Å². The molecule has 0 saturated carbocycles. The van der Waals surface area contributed by atoms with Gasteiger partial charge < -0.3 is 9.84 Å². The first-order chi connectivity index (χ1) is 11.8. The molecule has 0 aromatic rings. The van der Waals surface area contributed by atoms with Gasteiger partial charge in [0.15, 0.2) is 12.2 Å². The van der Waals surface area contributed by atoms with Gasteiger partial charge in [-0.25, -0.2) is 14.5 Å². The third kappa shape index (κ3) is 3.36. The number of thioether (sulfide) groups is 1. The third-order valence-corrected chi connectivity index (χ3v) is 4.89. The first-order valence-electron chi connectivity index (χ1n) is 7.29. The van der Waals surface area contributed by atoms with Crippen LogP contribution in [0.5, 0.6) is 0 Å². The lowest BCUT2D eigenvalue weighted by Crippen LogP contribution is -2.70. The molecule has 2 rings (SSSR count). The van der Waals surface area contributed by atoms with Crippen molar-refractivity contribution >= 4 is 35.5 Å². The molecule has 0 aromatic carbocycles. The third-order valence-electron chi connectivity index (χ3n) is 3.60. The average molecular weight is 365 g/mol. The summed E-state index contributed by atoms with van der Waals surface area (Å²) in [6, 6.07) is -1.02. The number of ether oxygens (including phenoxy) is 1. The van der Waals surface area contributed by atoms with E-state index < -0.39 is 35.2 Å². The van der Waals surface area contributed by atoms with Crippen LogP contribution in [-0.2, 0) is 23.9 Å². The van der Waals surface area contributed by atoms with Crippen molar-refractivity contribution < 1.29 is 29.0 Å². The summed E-state index contributed by atoms with van der Waals surface area (Å²) in [5.74, 6) is -2.97. The Bertz CT molecular complexity index is 738. The Morgan fingerprint density at radius 2 is 2.20 bits per heavy atom. The van der Waals surface area contributed by atoms with Crippen molar-refractivity contribution in [3.05, 3.63) is 23.4 Å². The predicted molar refractivity (Wildman–Crippen MR) is 85.4 cm³/mol. The molecule has 25 heavy (non-hydrogen) atoms. The molecule has 1 fully saturated rings. The number of allylic oxidation sites excluding steroid dienone is 1. The monoisotopic (exact) mass is 365 g/mol. The molecule has 1 saturated heterocycles. The van der Waals surface area contributed by atoms with Gasteiger partial charge in [-0.15, -0.1) is 11.8 Å². The van der Waals surface area contributed by atoms with Crippen LogP contribution in [0.25, 0.3) is 0 Å². The van der Waals surface area contributed by atoms with E-state index in [1.54, 1.807) is 13.1 Å². The zero-order chi connectivity index (χ0) is 18.7. The Labute approximate surface area is 147 Å².